The zero-order valence-electron chi connectivity index (χ0n) is 24.1. The molecule has 2 unspecified atom stereocenters. The molecule has 4 aromatic rings. The number of hydrogen-bond donors (Lipinski definition) is 2. The van der Waals surface area contributed by atoms with Crippen molar-refractivity contribution in [2.75, 3.05) is 19.7 Å². The number of amides is 1. The molecule has 1 saturated heterocycles. The third-order valence-electron chi connectivity index (χ3n) is 8.25. The molecule has 2 aliphatic rings. The Morgan fingerprint density at radius 3 is 2.42 bits per heavy atom. The highest BCUT2D eigenvalue weighted by Gasteiger charge is 2.29. The number of sulfonamides is 1. The van der Waals surface area contributed by atoms with Crippen molar-refractivity contribution in [3.8, 4) is 5.75 Å². The molecule has 2 heterocycles. The molecule has 2 aliphatic heterocycles. The second kappa shape index (κ2) is 13.9. The number of rotatable bonds is 9. The minimum absolute atomic E-state index is 0. The van der Waals surface area contributed by atoms with Crippen molar-refractivity contribution >= 4 is 39.1 Å². The standard InChI is InChI=1S/C34H37N3O4S.ClH/c38-33(35-31-18-21-41-34-28(14-9-15-30(31)34)24-37-19-7-2-8-20-37)23-32(26-11-3-1-4-12-26)36-42(39,40)29-17-16-25-10-5-6-13-27(25)22-29;/h1,3-6,9-17,22,31-32,36H,2,7-8,18-21,23-24H2,(H,35,38);1H. The van der Waals surface area contributed by atoms with E-state index in [4.69, 9.17) is 4.74 Å². The van der Waals surface area contributed by atoms with Gasteiger partial charge in [0.15, 0.2) is 0 Å². The Kier molecular flexibility index (Phi) is 10.0. The van der Waals surface area contributed by atoms with Crippen LogP contribution in [0.5, 0.6) is 5.75 Å². The number of nitrogens with one attached hydrogen (secondary N) is 2. The van der Waals surface area contributed by atoms with Crippen LogP contribution >= 0.6 is 12.4 Å². The molecular weight excluding hydrogens is 582 g/mol. The molecule has 1 fully saturated rings. The number of carbonyl (C=O) groups excluding carboxylic acids is 1. The summed E-state index contributed by atoms with van der Waals surface area (Å²) in [5, 5.41) is 4.99. The Hall–Kier alpha value is -3.43. The van der Waals surface area contributed by atoms with Crippen molar-refractivity contribution in [3.05, 3.63) is 108 Å². The van der Waals surface area contributed by atoms with Crippen LogP contribution in [0.3, 0.4) is 0 Å². The van der Waals surface area contributed by atoms with Gasteiger partial charge in [-0.3, -0.25) is 9.69 Å². The largest absolute Gasteiger partial charge is 0.493 e. The average molecular weight is 620 g/mol. The number of nitrogens with zero attached hydrogens (tertiary/aromatic N) is 1. The fraction of sp³-hybridized carbons (Fsp3) is 0.324. The van der Waals surface area contributed by atoms with Crippen molar-refractivity contribution in [1.82, 2.24) is 14.9 Å². The van der Waals surface area contributed by atoms with Crippen LogP contribution in [0.4, 0.5) is 0 Å². The molecule has 43 heavy (non-hydrogen) atoms. The van der Waals surface area contributed by atoms with Crippen molar-refractivity contribution in [2.45, 2.75) is 55.6 Å². The highest BCUT2D eigenvalue weighted by molar-refractivity contribution is 7.89. The lowest BCUT2D eigenvalue weighted by molar-refractivity contribution is -0.122. The summed E-state index contributed by atoms with van der Waals surface area (Å²) in [6, 6.07) is 27.2. The molecule has 6 rings (SSSR count). The van der Waals surface area contributed by atoms with Crippen LogP contribution in [0.2, 0.25) is 0 Å². The average Bonchev–Trinajstić information content (AvgIpc) is 3.02. The molecule has 0 saturated carbocycles. The number of fused-ring (bicyclic) bond motifs is 2. The van der Waals surface area contributed by atoms with Crippen molar-refractivity contribution < 1.29 is 17.9 Å². The third kappa shape index (κ3) is 7.39. The van der Waals surface area contributed by atoms with Crippen LogP contribution < -0.4 is 14.8 Å². The van der Waals surface area contributed by atoms with Crippen LogP contribution in [0, 0.1) is 0 Å². The zero-order valence-corrected chi connectivity index (χ0v) is 25.7. The monoisotopic (exact) mass is 619 g/mol. The summed E-state index contributed by atoms with van der Waals surface area (Å²) in [4.78, 5) is 16.1. The topological polar surface area (TPSA) is 87.7 Å². The summed E-state index contributed by atoms with van der Waals surface area (Å²) in [6.07, 6.45) is 4.36. The Labute approximate surface area is 260 Å². The Morgan fingerprint density at radius 1 is 0.884 bits per heavy atom. The molecule has 2 atom stereocenters. The molecule has 226 valence electrons. The maximum atomic E-state index is 13.5. The van der Waals surface area contributed by atoms with E-state index in [1.807, 2.05) is 66.7 Å². The Bertz CT molecular complexity index is 1660. The first kappa shape index (κ1) is 31.0. The fourth-order valence-electron chi connectivity index (χ4n) is 6.06. The van der Waals surface area contributed by atoms with Gasteiger partial charge in [0.05, 0.1) is 23.6 Å². The molecular formula is C34H38ClN3O4S. The van der Waals surface area contributed by atoms with Crippen molar-refractivity contribution in [3.63, 3.8) is 0 Å². The van der Waals surface area contributed by atoms with Gasteiger partial charge in [0.1, 0.15) is 5.75 Å². The molecule has 0 bridgehead atoms. The van der Waals surface area contributed by atoms with E-state index in [-0.39, 0.29) is 35.7 Å². The fourth-order valence-corrected chi connectivity index (χ4v) is 7.32. The van der Waals surface area contributed by atoms with E-state index in [0.717, 1.165) is 52.8 Å². The summed E-state index contributed by atoms with van der Waals surface area (Å²) < 4.78 is 36.0. The smallest absolute Gasteiger partial charge is 0.241 e. The molecule has 0 aliphatic carbocycles. The Morgan fingerprint density at radius 2 is 1.63 bits per heavy atom. The van der Waals surface area contributed by atoms with E-state index in [1.54, 1.807) is 18.2 Å². The number of halogens is 1. The van der Waals surface area contributed by atoms with Crippen molar-refractivity contribution in [1.29, 1.82) is 0 Å². The number of likely N-dealkylation sites (tertiary alicyclic amines) is 1. The first-order chi connectivity index (χ1) is 20.5. The maximum absolute atomic E-state index is 13.5. The van der Waals surface area contributed by atoms with Gasteiger partial charge in [-0.05, 0) is 54.4 Å². The van der Waals surface area contributed by atoms with E-state index < -0.39 is 16.1 Å². The first-order valence-corrected chi connectivity index (χ1v) is 16.3. The quantitative estimate of drug-likeness (QED) is 0.230. The van der Waals surface area contributed by atoms with Crippen LogP contribution in [-0.2, 0) is 21.4 Å². The van der Waals surface area contributed by atoms with Gasteiger partial charge in [-0.15, -0.1) is 12.4 Å². The van der Waals surface area contributed by atoms with Gasteiger partial charge in [-0.25, -0.2) is 13.1 Å². The van der Waals surface area contributed by atoms with Gasteiger partial charge in [-0.1, -0.05) is 85.3 Å². The summed E-state index contributed by atoms with van der Waals surface area (Å²) in [5.74, 6) is 0.653. The van der Waals surface area contributed by atoms with Gasteiger partial charge < -0.3 is 10.1 Å². The molecule has 1 amide bonds. The van der Waals surface area contributed by atoms with Crippen LogP contribution in [-0.4, -0.2) is 38.9 Å². The number of para-hydroxylation sites is 1. The molecule has 0 aromatic heterocycles. The molecule has 4 aromatic carbocycles. The molecule has 7 nitrogen and oxygen atoms in total. The summed E-state index contributed by atoms with van der Waals surface area (Å²) >= 11 is 0. The lowest BCUT2D eigenvalue weighted by Gasteiger charge is -2.31. The summed E-state index contributed by atoms with van der Waals surface area (Å²) in [7, 11) is -3.90. The van der Waals surface area contributed by atoms with Gasteiger partial charge in [0.25, 0.3) is 0 Å². The second-order valence-corrected chi connectivity index (χ2v) is 12.9. The van der Waals surface area contributed by atoms with Gasteiger partial charge in [0.2, 0.25) is 15.9 Å². The van der Waals surface area contributed by atoms with E-state index in [1.165, 1.54) is 19.3 Å². The molecule has 0 spiro atoms. The van der Waals surface area contributed by atoms with E-state index >= 15 is 0 Å². The summed E-state index contributed by atoms with van der Waals surface area (Å²) in [5.41, 5.74) is 2.86. The van der Waals surface area contributed by atoms with E-state index in [0.29, 0.717) is 13.0 Å². The molecule has 0 radical (unpaired) electrons. The van der Waals surface area contributed by atoms with Crippen LogP contribution in [0.25, 0.3) is 10.8 Å². The number of benzene rings is 4. The van der Waals surface area contributed by atoms with Gasteiger partial charge >= 0.3 is 0 Å². The maximum Gasteiger partial charge on any atom is 0.241 e. The third-order valence-corrected chi connectivity index (χ3v) is 9.72. The lowest BCUT2D eigenvalue weighted by Crippen LogP contribution is -2.37. The predicted molar refractivity (Wildman–Crippen MR) is 172 cm³/mol. The van der Waals surface area contributed by atoms with E-state index in [9.17, 15) is 13.2 Å². The predicted octanol–water partition coefficient (Wildman–Crippen LogP) is 6.30. The van der Waals surface area contributed by atoms with Gasteiger partial charge in [0, 0.05) is 30.5 Å². The minimum Gasteiger partial charge on any atom is -0.493 e. The normalized spacial score (nSPS) is 17.7. The Balaban J connectivity index is 0.00000368. The number of ether oxygens (including phenoxy) is 1. The number of hydrogen-bond acceptors (Lipinski definition) is 5. The number of piperidine rings is 1. The van der Waals surface area contributed by atoms with Gasteiger partial charge in [-0.2, -0.15) is 0 Å². The zero-order chi connectivity index (χ0) is 28.9. The number of carbonyl (C=O) groups is 1. The van der Waals surface area contributed by atoms with E-state index in [2.05, 4.69) is 21.0 Å². The first-order valence-electron chi connectivity index (χ1n) is 14.8. The minimum atomic E-state index is -3.90. The molecule has 2 N–H and O–H groups in total. The lowest BCUT2D eigenvalue weighted by atomic mass is 9.96. The summed E-state index contributed by atoms with van der Waals surface area (Å²) in [6.45, 7) is 3.56. The molecule has 9 heteroatoms. The van der Waals surface area contributed by atoms with Crippen LogP contribution in [0.1, 0.15) is 60.9 Å². The second-order valence-electron chi connectivity index (χ2n) is 11.2. The highest BCUT2D eigenvalue weighted by Crippen LogP contribution is 2.36. The van der Waals surface area contributed by atoms with Crippen LogP contribution in [0.15, 0.2) is 95.9 Å². The highest BCUT2D eigenvalue weighted by atomic mass is 35.5. The SMILES string of the molecule is Cl.O=C(CC(NS(=O)(=O)c1ccc2ccccc2c1)c1ccccc1)NC1CCOc2c(CN3CCCCC3)cccc21. The van der Waals surface area contributed by atoms with Crippen molar-refractivity contribution in [2.24, 2.45) is 0 Å².